The lowest BCUT2D eigenvalue weighted by molar-refractivity contribution is -0.128. The molecule has 0 aliphatic carbocycles. The minimum Gasteiger partial charge on any atom is -0.352 e. The molecule has 0 aromatic rings. The van der Waals surface area contributed by atoms with Crippen LogP contribution in [0.4, 0.5) is 0 Å². The van der Waals surface area contributed by atoms with Crippen molar-refractivity contribution in [2.75, 3.05) is 0 Å². The van der Waals surface area contributed by atoms with Gasteiger partial charge in [0.05, 0.1) is 0 Å². The molecule has 0 bridgehead atoms. The minimum atomic E-state index is -0.497. The van der Waals surface area contributed by atoms with Gasteiger partial charge in [-0.2, -0.15) is 0 Å². The van der Waals surface area contributed by atoms with E-state index in [9.17, 15) is 9.59 Å². The van der Waals surface area contributed by atoms with Crippen molar-refractivity contribution in [2.45, 2.75) is 58.7 Å². The van der Waals surface area contributed by atoms with Crippen LogP contribution in [0.15, 0.2) is 0 Å². The molecule has 0 aromatic carbocycles. The fraction of sp³-hybridized carbons (Fsp3) is 0.818. The number of nitrogens with one attached hydrogen (secondary N) is 2. The highest BCUT2D eigenvalue weighted by atomic mass is 16.2. The Morgan fingerprint density at radius 1 is 1.12 bits per heavy atom. The first-order valence-electron chi connectivity index (χ1n) is 5.68. The molecular formula is C11H23N3O2. The Hall–Kier alpha value is -1.10. The van der Waals surface area contributed by atoms with Crippen molar-refractivity contribution in [3.63, 3.8) is 0 Å². The van der Waals surface area contributed by atoms with Crippen molar-refractivity contribution < 1.29 is 9.59 Å². The molecule has 5 nitrogen and oxygen atoms in total. The van der Waals surface area contributed by atoms with Crippen LogP contribution < -0.4 is 16.4 Å². The van der Waals surface area contributed by atoms with E-state index >= 15 is 0 Å². The summed E-state index contributed by atoms with van der Waals surface area (Å²) in [5.41, 5.74) is 5.54. The van der Waals surface area contributed by atoms with Crippen LogP contribution in [0.5, 0.6) is 0 Å². The molecular weight excluding hydrogens is 206 g/mol. The number of hydrogen-bond donors (Lipinski definition) is 3. The molecule has 0 radical (unpaired) electrons. The molecule has 0 rings (SSSR count). The van der Waals surface area contributed by atoms with Crippen LogP contribution in [0.25, 0.3) is 0 Å². The second-order valence-electron chi connectivity index (χ2n) is 4.47. The van der Waals surface area contributed by atoms with Crippen molar-refractivity contribution in [1.29, 1.82) is 0 Å². The van der Waals surface area contributed by atoms with Gasteiger partial charge in [0.1, 0.15) is 6.04 Å². The third kappa shape index (κ3) is 7.23. The van der Waals surface area contributed by atoms with E-state index in [4.69, 9.17) is 5.73 Å². The van der Waals surface area contributed by atoms with Crippen LogP contribution in [-0.4, -0.2) is 29.9 Å². The highest BCUT2D eigenvalue weighted by Crippen LogP contribution is 1.94. The molecule has 2 atom stereocenters. The fourth-order valence-corrected chi connectivity index (χ4v) is 1.15. The Balaban J connectivity index is 3.90. The van der Waals surface area contributed by atoms with Gasteiger partial charge >= 0.3 is 0 Å². The second-order valence-corrected chi connectivity index (χ2v) is 4.47. The summed E-state index contributed by atoms with van der Waals surface area (Å²) in [5, 5.41) is 5.37. The van der Waals surface area contributed by atoms with Crippen molar-refractivity contribution in [3.8, 4) is 0 Å². The third-order valence-electron chi connectivity index (χ3n) is 2.03. The summed E-state index contributed by atoms with van der Waals surface area (Å²) in [4.78, 5) is 22.9. The van der Waals surface area contributed by atoms with E-state index < -0.39 is 6.04 Å². The van der Waals surface area contributed by atoms with Gasteiger partial charge in [-0.3, -0.25) is 9.59 Å². The molecule has 94 valence electrons. The van der Waals surface area contributed by atoms with Crippen LogP contribution >= 0.6 is 0 Å². The topological polar surface area (TPSA) is 84.2 Å². The molecule has 0 saturated heterocycles. The lowest BCUT2D eigenvalue weighted by atomic mass is 10.2. The monoisotopic (exact) mass is 229 g/mol. The molecule has 0 aliphatic heterocycles. The Labute approximate surface area is 97.2 Å². The van der Waals surface area contributed by atoms with E-state index in [1.165, 1.54) is 0 Å². The summed E-state index contributed by atoms with van der Waals surface area (Å²) < 4.78 is 0. The van der Waals surface area contributed by atoms with E-state index in [0.29, 0.717) is 12.8 Å². The maximum atomic E-state index is 11.5. The molecule has 4 N–H and O–H groups in total. The molecule has 0 fully saturated rings. The average molecular weight is 229 g/mol. The number of amides is 2. The predicted octanol–water partition coefficient (Wildman–Crippen LogP) is 0.143. The average Bonchev–Trinajstić information content (AvgIpc) is 2.13. The van der Waals surface area contributed by atoms with Crippen molar-refractivity contribution in [1.82, 2.24) is 10.6 Å². The summed E-state index contributed by atoms with van der Waals surface area (Å²) in [6, 6.07) is -0.413. The van der Waals surface area contributed by atoms with Gasteiger partial charge in [-0.1, -0.05) is 0 Å². The van der Waals surface area contributed by atoms with Crippen LogP contribution in [0.1, 0.15) is 40.5 Å². The molecule has 2 amide bonds. The lowest BCUT2D eigenvalue weighted by Gasteiger charge is -2.16. The molecule has 5 heteroatoms. The Morgan fingerprint density at radius 2 is 1.69 bits per heavy atom. The summed E-state index contributed by atoms with van der Waals surface area (Å²) in [6.07, 6.45) is 0.987. The Morgan fingerprint density at radius 3 is 2.12 bits per heavy atom. The first kappa shape index (κ1) is 14.9. The van der Waals surface area contributed by atoms with Crippen molar-refractivity contribution in [3.05, 3.63) is 0 Å². The summed E-state index contributed by atoms with van der Waals surface area (Å²) >= 11 is 0. The maximum absolute atomic E-state index is 11.5. The van der Waals surface area contributed by atoms with Gasteiger partial charge in [-0.25, -0.2) is 0 Å². The quantitative estimate of drug-likeness (QED) is 0.606. The van der Waals surface area contributed by atoms with Gasteiger partial charge in [-0.05, 0) is 34.1 Å². The molecule has 0 aliphatic rings. The van der Waals surface area contributed by atoms with E-state index in [-0.39, 0.29) is 23.9 Å². The van der Waals surface area contributed by atoms with E-state index in [1.54, 1.807) is 6.92 Å². The number of carbonyl (C=O) groups is 2. The molecule has 16 heavy (non-hydrogen) atoms. The Bertz CT molecular complexity index is 239. The normalized spacial score (nSPS) is 14.4. The van der Waals surface area contributed by atoms with E-state index in [0.717, 1.165) is 0 Å². The predicted molar refractivity (Wildman–Crippen MR) is 63.8 cm³/mol. The van der Waals surface area contributed by atoms with Gasteiger partial charge in [0, 0.05) is 18.5 Å². The van der Waals surface area contributed by atoms with Crippen LogP contribution in [0.3, 0.4) is 0 Å². The van der Waals surface area contributed by atoms with Gasteiger partial charge < -0.3 is 16.4 Å². The molecule has 0 spiro atoms. The van der Waals surface area contributed by atoms with Crippen LogP contribution in [0.2, 0.25) is 0 Å². The van der Waals surface area contributed by atoms with E-state index in [2.05, 4.69) is 10.6 Å². The summed E-state index contributed by atoms with van der Waals surface area (Å²) in [7, 11) is 0. The van der Waals surface area contributed by atoms with Gasteiger partial charge in [0.25, 0.3) is 0 Å². The lowest BCUT2D eigenvalue weighted by Crippen LogP contribution is -2.46. The Kier molecular flexibility index (Phi) is 6.72. The third-order valence-corrected chi connectivity index (χ3v) is 2.03. The zero-order chi connectivity index (χ0) is 12.7. The van der Waals surface area contributed by atoms with Crippen molar-refractivity contribution in [2.24, 2.45) is 5.73 Å². The summed E-state index contributed by atoms with van der Waals surface area (Å²) in [6.45, 7) is 7.27. The second kappa shape index (κ2) is 7.22. The van der Waals surface area contributed by atoms with Gasteiger partial charge in [-0.15, -0.1) is 0 Å². The largest absolute Gasteiger partial charge is 0.352 e. The number of nitrogens with two attached hydrogens (primary N) is 1. The zero-order valence-corrected chi connectivity index (χ0v) is 10.5. The smallest absolute Gasteiger partial charge is 0.242 e. The van der Waals surface area contributed by atoms with E-state index in [1.807, 2.05) is 20.8 Å². The van der Waals surface area contributed by atoms with Crippen LogP contribution in [0, 0.1) is 0 Å². The standard InChI is InChI=1S/C11H23N3O2/c1-7(2)13-11(16)9(4)14-10(15)6-5-8(3)12/h7-9H,5-6,12H2,1-4H3,(H,13,16)(H,14,15). The highest BCUT2D eigenvalue weighted by molar-refractivity contribution is 5.87. The summed E-state index contributed by atoms with van der Waals surface area (Å²) in [5.74, 6) is -0.298. The van der Waals surface area contributed by atoms with Gasteiger partial charge in [0.2, 0.25) is 11.8 Å². The zero-order valence-electron chi connectivity index (χ0n) is 10.5. The van der Waals surface area contributed by atoms with Crippen LogP contribution in [-0.2, 0) is 9.59 Å². The maximum Gasteiger partial charge on any atom is 0.242 e. The molecule has 2 unspecified atom stereocenters. The van der Waals surface area contributed by atoms with Gasteiger partial charge in [0.15, 0.2) is 0 Å². The number of hydrogen-bond acceptors (Lipinski definition) is 3. The molecule has 0 aromatic heterocycles. The SMILES string of the molecule is CC(N)CCC(=O)NC(C)C(=O)NC(C)C. The molecule has 0 saturated carbocycles. The first-order chi connectivity index (χ1) is 7.32. The van der Waals surface area contributed by atoms with Crippen molar-refractivity contribution >= 4 is 11.8 Å². The first-order valence-corrected chi connectivity index (χ1v) is 5.68. The fourth-order valence-electron chi connectivity index (χ4n) is 1.15. The number of carbonyl (C=O) groups excluding carboxylic acids is 2. The molecule has 0 heterocycles. The minimum absolute atomic E-state index is 0.00514. The number of rotatable bonds is 6. The highest BCUT2D eigenvalue weighted by Gasteiger charge is 2.15.